The number of hydrogen-bond donors (Lipinski definition) is 0. The van der Waals surface area contributed by atoms with E-state index in [0.29, 0.717) is 36.7 Å². The second-order valence-electron chi connectivity index (χ2n) is 10.8. The first-order chi connectivity index (χ1) is 18.2. The molecule has 0 amide bonds. The Morgan fingerprint density at radius 2 is 2.08 bits per heavy atom. The summed E-state index contributed by atoms with van der Waals surface area (Å²) in [5.41, 5.74) is 0.331. The topological polar surface area (TPSA) is 98.8 Å². The Labute approximate surface area is 223 Å². The lowest BCUT2D eigenvalue weighted by Crippen LogP contribution is -2.35. The average Bonchev–Trinajstić information content (AvgIpc) is 3.60. The van der Waals surface area contributed by atoms with Crippen LogP contribution >= 0.6 is 8.53 Å². The van der Waals surface area contributed by atoms with Crippen LogP contribution in [-0.4, -0.2) is 51.7 Å². The van der Waals surface area contributed by atoms with Gasteiger partial charge in [0.15, 0.2) is 0 Å². The number of rotatable bonds is 12. The predicted molar refractivity (Wildman–Crippen MR) is 142 cm³/mol. The van der Waals surface area contributed by atoms with Crippen LogP contribution in [0.4, 0.5) is 0 Å². The minimum Gasteiger partial charge on any atom is -0.477 e. The average molecular weight is 534 g/mol. The van der Waals surface area contributed by atoms with Crippen molar-refractivity contribution in [1.29, 1.82) is 5.26 Å². The van der Waals surface area contributed by atoms with Crippen LogP contribution in [0.5, 0.6) is 5.88 Å². The first-order valence-electron chi connectivity index (χ1n) is 14.0. The van der Waals surface area contributed by atoms with E-state index in [1.807, 2.05) is 6.92 Å². The molecule has 2 heterocycles. The highest BCUT2D eigenvalue weighted by Crippen LogP contribution is 2.50. The first-order valence-corrected chi connectivity index (χ1v) is 14.4. The van der Waals surface area contributed by atoms with Crippen LogP contribution in [0.3, 0.4) is 0 Å². The van der Waals surface area contributed by atoms with Crippen molar-refractivity contribution in [3.63, 3.8) is 0 Å². The molecule has 0 N–H and O–H groups in total. The summed E-state index contributed by atoms with van der Waals surface area (Å²) in [7, 11) is -1.49. The minimum absolute atomic E-state index is 0.00769. The smallest absolute Gasteiger partial charge is 0.352 e. The van der Waals surface area contributed by atoms with Crippen molar-refractivity contribution in [3.8, 4) is 11.9 Å². The molecule has 9 nitrogen and oxygen atoms in total. The normalized spacial score (nSPS) is 29.9. The molecule has 0 radical (unpaired) electrons. The fourth-order valence-electron chi connectivity index (χ4n) is 5.57. The van der Waals surface area contributed by atoms with Gasteiger partial charge in [-0.2, -0.15) is 10.2 Å². The Kier molecular flexibility index (Phi) is 8.94. The third kappa shape index (κ3) is 6.61. The number of fused-ring (bicyclic) bond motifs is 2. The fourth-order valence-corrected chi connectivity index (χ4v) is 7.33. The number of aromatic nitrogens is 2. The van der Waals surface area contributed by atoms with Gasteiger partial charge in [-0.3, -0.25) is 4.57 Å². The van der Waals surface area contributed by atoms with Crippen molar-refractivity contribution >= 4 is 8.53 Å². The number of nitrogens with zero attached hydrogens (tertiary/aromatic N) is 4. The molecule has 0 aromatic carbocycles. The van der Waals surface area contributed by atoms with E-state index in [4.69, 9.17) is 25.2 Å². The number of nitriles is 1. The largest absolute Gasteiger partial charge is 0.477 e. The van der Waals surface area contributed by atoms with E-state index in [2.05, 4.69) is 55.6 Å². The van der Waals surface area contributed by atoms with E-state index in [1.54, 1.807) is 6.20 Å². The predicted octanol–water partition coefficient (Wildman–Crippen LogP) is 5.11. The van der Waals surface area contributed by atoms with E-state index in [-0.39, 0.29) is 32.0 Å². The van der Waals surface area contributed by atoms with Gasteiger partial charge in [-0.1, -0.05) is 12.2 Å². The van der Waals surface area contributed by atoms with Crippen molar-refractivity contribution in [2.45, 2.75) is 97.7 Å². The van der Waals surface area contributed by atoms with Gasteiger partial charge in [0.05, 0.1) is 37.9 Å². The molecule has 1 aliphatic heterocycles. The molecule has 1 saturated heterocycles. The van der Waals surface area contributed by atoms with Gasteiger partial charge in [0.1, 0.15) is 6.23 Å². The molecule has 10 heteroatoms. The maximum Gasteiger partial charge on any atom is 0.352 e. The lowest BCUT2D eigenvalue weighted by Gasteiger charge is -2.37. The summed E-state index contributed by atoms with van der Waals surface area (Å²) < 4.78 is 36.3. The fraction of sp³-hybridized carbons (Fsp3) is 0.741. The molecule has 7 atom stereocenters. The highest BCUT2D eigenvalue weighted by atomic mass is 31.2. The van der Waals surface area contributed by atoms with Gasteiger partial charge in [0.25, 0.3) is 8.53 Å². The highest BCUT2D eigenvalue weighted by Gasteiger charge is 2.40. The number of allylic oxidation sites excluding steroid dienone is 2. The molecule has 2 fully saturated rings. The van der Waals surface area contributed by atoms with Crippen molar-refractivity contribution in [2.75, 3.05) is 13.2 Å². The van der Waals surface area contributed by atoms with Gasteiger partial charge in [-0.15, -0.1) is 0 Å². The molecule has 2 bridgehead atoms. The molecule has 204 valence electrons. The highest BCUT2D eigenvalue weighted by molar-refractivity contribution is 7.44. The summed E-state index contributed by atoms with van der Waals surface area (Å²) >= 11 is 0. The maximum atomic E-state index is 13.0. The zero-order valence-electron chi connectivity index (χ0n) is 23.6. The van der Waals surface area contributed by atoms with Gasteiger partial charge >= 0.3 is 5.69 Å². The molecule has 0 spiro atoms. The second-order valence-corrected chi connectivity index (χ2v) is 12.2. The van der Waals surface area contributed by atoms with Crippen LogP contribution in [0, 0.1) is 36.0 Å². The van der Waals surface area contributed by atoms with Gasteiger partial charge in [0.2, 0.25) is 5.88 Å². The summed E-state index contributed by atoms with van der Waals surface area (Å²) in [5.74, 6) is 2.09. The minimum atomic E-state index is -1.49. The van der Waals surface area contributed by atoms with E-state index in [0.717, 1.165) is 12.0 Å². The lowest BCUT2D eigenvalue weighted by molar-refractivity contribution is -0.00895. The summed E-state index contributed by atoms with van der Waals surface area (Å²) in [6.45, 7) is 11.0. The quantitative estimate of drug-likeness (QED) is 0.208. The molecule has 4 rings (SSSR count). The maximum absolute atomic E-state index is 13.0. The van der Waals surface area contributed by atoms with E-state index in [1.165, 1.54) is 11.0 Å². The van der Waals surface area contributed by atoms with E-state index >= 15 is 0 Å². The van der Waals surface area contributed by atoms with Crippen LogP contribution in [0.25, 0.3) is 0 Å². The van der Waals surface area contributed by atoms with Crippen LogP contribution in [0.1, 0.15) is 73.4 Å². The molecule has 1 aromatic heterocycles. The van der Waals surface area contributed by atoms with Crippen molar-refractivity contribution in [1.82, 2.24) is 14.2 Å². The Balaban J connectivity index is 1.44. The third-order valence-corrected chi connectivity index (χ3v) is 9.47. The summed E-state index contributed by atoms with van der Waals surface area (Å²) in [5, 5.41) is 8.97. The van der Waals surface area contributed by atoms with Gasteiger partial charge in [-0.25, -0.2) is 9.46 Å². The van der Waals surface area contributed by atoms with Crippen LogP contribution < -0.4 is 10.4 Å². The Hall–Kier alpha value is -1.82. The monoisotopic (exact) mass is 533 g/mol. The molecule has 2 aliphatic carbocycles. The van der Waals surface area contributed by atoms with Crippen LogP contribution in [0.2, 0.25) is 0 Å². The van der Waals surface area contributed by atoms with E-state index < -0.39 is 32.7 Å². The molecule has 37 heavy (non-hydrogen) atoms. The second kappa shape index (κ2) is 12.4. The lowest BCUT2D eigenvalue weighted by atomic mass is 9.95. The summed E-state index contributed by atoms with van der Waals surface area (Å²) in [6, 6.07) is 2.43. The van der Waals surface area contributed by atoms with Gasteiger partial charge < -0.3 is 18.5 Å². The van der Waals surface area contributed by atoms with Crippen LogP contribution in [-0.2, 0) is 13.8 Å². The van der Waals surface area contributed by atoms with Crippen LogP contribution in [0.15, 0.2) is 23.1 Å². The number of ether oxygens (including phenoxy) is 2. The summed E-state index contributed by atoms with van der Waals surface area (Å²) in [4.78, 5) is 17.3. The molecule has 3 aliphatic rings. The van der Waals surface area contributed by atoms with Gasteiger partial charge in [0, 0.05) is 31.6 Å². The molecular formula is C27H41N4O5P. The molecule has 4 unspecified atom stereocenters. The summed E-state index contributed by atoms with van der Waals surface area (Å²) in [6.07, 6.45) is 7.80. The number of hydrogen-bond acceptors (Lipinski definition) is 8. The first kappa shape index (κ1) is 26.8. The Bertz CT molecular complexity index is 1070. The molecular weight excluding hydrogens is 491 g/mol. The Morgan fingerprint density at radius 1 is 1.30 bits per heavy atom. The van der Waals surface area contributed by atoms with Crippen molar-refractivity contribution < 1.29 is 19.9 Å². The standard InChI is InChI=1S/C27H41N4O5P/c1-17(2)31(18(3)4)37(34-11-7-10-28)36-24-14-25(35-20(24)6)30-15-19(5)26(29-27(30)32)33-16-23-13-21-8-9-22(23)12-21/h8-9,15,17-18,20-25H,7,11-14,16H2,1-6H3/t20-,21?,22?,23?,24-,25-,37?/m1/s1/i6D. The molecule has 1 saturated carbocycles. The van der Waals surface area contributed by atoms with E-state index in [9.17, 15) is 4.79 Å². The Morgan fingerprint density at radius 3 is 2.70 bits per heavy atom. The van der Waals surface area contributed by atoms with Gasteiger partial charge in [-0.05, 0) is 72.1 Å². The number of aryl methyl sites for hydroxylation is 1. The SMILES string of the molecule is [2H]C[C@H]1O[C@@H](n2cc(C)c(OCC3CC4C=CC3C4)nc2=O)C[C@H]1OP(OCCC#N)N(C(C)C)C(C)C. The van der Waals surface area contributed by atoms with Crippen molar-refractivity contribution in [3.05, 3.63) is 34.4 Å². The molecule has 1 aromatic rings. The zero-order chi connectivity index (χ0) is 27.4. The van der Waals surface area contributed by atoms with Crippen molar-refractivity contribution in [2.24, 2.45) is 17.8 Å². The zero-order valence-corrected chi connectivity index (χ0v) is 23.5. The third-order valence-electron chi connectivity index (χ3n) is 7.32.